The maximum absolute atomic E-state index is 12.3. The Hall–Kier alpha value is -1.75. The number of methoxy groups -OCH3 is 2. The molecular formula is C16H26N2O3. The highest BCUT2D eigenvalue weighted by Gasteiger charge is 2.19. The summed E-state index contributed by atoms with van der Waals surface area (Å²) in [5.41, 5.74) is 7.35. The van der Waals surface area contributed by atoms with Crippen molar-refractivity contribution in [3.8, 4) is 11.5 Å². The Morgan fingerprint density at radius 1 is 1.24 bits per heavy atom. The van der Waals surface area contributed by atoms with Crippen molar-refractivity contribution in [2.45, 2.75) is 27.2 Å². The van der Waals surface area contributed by atoms with E-state index in [4.69, 9.17) is 15.2 Å². The van der Waals surface area contributed by atoms with E-state index < -0.39 is 0 Å². The Kier molecular flexibility index (Phi) is 6.49. The molecule has 1 aromatic carbocycles. The van der Waals surface area contributed by atoms with Crippen LogP contribution in [0.1, 0.15) is 25.8 Å². The van der Waals surface area contributed by atoms with Gasteiger partial charge in [-0.3, -0.25) is 4.79 Å². The van der Waals surface area contributed by atoms with Gasteiger partial charge >= 0.3 is 0 Å². The number of benzene rings is 1. The molecular weight excluding hydrogens is 268 g/mol. The van der Waals surface area contributed by atoms with E-state index in [9.17, 15) is 4.79 Å². The Morgan fingerprint density at radius 2 is 1.81 bits per heavy atom. The summed E-state index contributed by atoms with van der Waals surface area (Å²) >= 11 is 0. The third kappa shape index (κ3) is 4.63. The fourth-order valence-corrected chi connectivity index (χ4v) is 2.23. The minimum absolute atomic E-state index is 0.0541. The van der Waals surface area contributed by atoms with Crippen LogP contribution in [0.2, 0.25) is 0 Å². The fraction of sp³-hybridized carbons (Fsp3) is 0.562. The zero-order valence-corrected chi connectivity index (χ0v) is 13.5. The summed E-state index contributed by atoms with van der Waals surface area (Å²) in [7, 11) is 3.16. The monoisotopic (exact) mass is 294 g/mol. The lowest BCUT2D eigenvalue weighted by Gasteiger charge is -2.19. The highest BCUT2D eigenvalue weighted by molar-refractivity contribution is 5.93. The van der Waals surface area contributed by atoms with Crippen molar-refractivity contribution in [2.24, 2.45) is 17.6 Å². The summed E-state index contributed by atoms with van der Waals surface area (Å²) in [5.74, 6) is 1.42. The molecule has 0 aliphatic rings. The van der Waals surface area contributed by atoms with Gasteiger partial charge in [-0.25, -0.2) is 0 Å². The van der Waals surface area contributed by atoms with Gasteiger partial charge in [0, 0.05) is 18.3 Å². The Morgan fingerprint density at radius 3 is 2.29 bits per heavy atom. The quantitative estimate of drug-likeness (QED) is 0.810. The standard InChI is InChI=1S/C16H26N2O3/c1-10(2)6-12(9-17)16(19)18-13-8-15(21-5)14(20-4)7-11(13)3/h7-8,10,12H,6,9,17H2,1-5H3,(H,18,19). The first-order valence-electron chi connectivity index (χ1n) is 7.16. The number of amides is 1. The molecule has 118 valence electrons. The Bertz CT molecular complexity index is 487. The maximum Gasteiger partial charge on any atom is 0.228 e. The molecule has 0 saturated carbocycles. The van der Waals surface area contributed by atoms with Gasteiger partial charge in [0.2, 0.25) is 5.91 Å². The number of rotatable bonds is 7. The first kappa shape index (κ1) is 17.3. The highest BCUT2D eigenvalue weighted by atomic mass is 16.5. The summed E-state index contributed by atoms with van der Waals surface area (Å²) in [6.07, 6.45) is 0.772. The predicted molar refractivity (Wildman–Crippen MR) is 84.9 cm³/mol. The summed E-state index contributed by atoms with van der Waals surface area (Å²) in [6.45, 7) is 6.42. The first-order valence-corrected chi connectivity index (χ1v) is 7.16. The van der Waals surface area contributed by atoms with E-state index in [0.29, 0.717) is 24.0 Å². The third-order valence-electron chi connectivity index (χ3n) is 3.40. The summed E-state index contributed by atoms with van der Waals surface area (Å²) < 4.78 is 10.5. The third-order valence-corrected chi connectivity index (χ3v) is 3.40. The second-order valence-corrected chi connectivity index (χ2v) is 5.57. The number of anilines is 1. The number of hydrogen-bond donors (Lipinski definition) is 2. The Balaban J connectivity index is 2.93. The van der Waals surface area contributed by atoms with Crippen LogP contribution in [-0.2, 0) is 4.79 Å². The number of nitrogens with two attached hydrogens (primary N) is 1. The van der Waals surface area contributed by atoms with Crippen molar-refractivity contribution in [3.05, 3.63) is 17.7 Å². The number of ether oxygens (including phenoxy) is 2. The van der Waals surface area contributed by atoms with E-state index in [1.54, 1.807) is 20.3 Å². The van der Waals surface area contributed by atoms with Crippen molar-refractivity contribution >= 4 is 11.6 Å². The summed E-state index contributed by atoms with van der Waals surface area (Å²) in [6, 6.07) is 3.61. The molecule has 0 aliphatic carbocycles. The number of nitrogens with one attached hydrogen (secondary N) is 1. The molecule has 1 unspecified atom stereocenters. The topological polar surface area (TPSA) is 73.6 Å². The van der Waals surface area contributed by atoms with Crippen LogP contribution in [-0.4, -0.2) is 26.7 Å². The molecule has 0 spiro atoms. The van der Waals surface area contributed by atoms with Gasteiger partial charge in [-0.1, -0.05) is 13.8 Å². The number of aryl methyl sites for hydroxylation is 1. The van der Waals surface area contributed by atoms with E-state index in [1.165, 1.54) is 0 Å². The molecule has 3 N–H and O–H groups in total. The van der Waals surface area contributed by atoms with E-state index in [0.717, 1.165) is 17.7 Å². The van der Waals surface area contributed by atoms with Gasteiger partial charge in [0.25, 0.3) is 0 Å². The maximum atomic E-state index is 12.3. The molecule has 0 bridgehead atoms. The van der Waals surface area contributed by atoms with Crippen molar-refractivity contribution in [1.29, 1.82) is 0 Å². The van der Waals surface area contributed by atoms with Gasteiger partial charge in [0.15, 0.2) is 11.5 Å². The molecule has 0 heterocycles. The lowest BCUT2D eigenvalue weighted by molar-refractivity contribution is -0.120. The zero-order valence-electron chi connectivity index (χ0n) is 13.5. The molecule has 0 radical (unpaired) electrons. The van der Waals surface area contributed by atoms with Gasteiger partial charge < -0.3 is 20.5 Å². The minimum atomic E-state index is -0.183. The number of carbonyl (C=O) groups excluding carboxylic acids is 1. The van der Waals surface area contributed by atoms with Crippen molar-refractivity contribution in [3.63, 3.8) is 0 Å². The van der Waals surface area contributed by atoms with Crippen LogP contribution in [0, 0.1) is 18.8 Å². The first-order chi connectivity index (χ1) is 9.92. The minimum Gasteiger partial charge on any atom is -0.493 e. The predicted octanol–water partition coefficient (Wildman–Crippen LogP) is 2.57. The van der Waals surface area contributed by atoms with Gasteiger partial charge in [0.05, 0.1) is 20.1 Å². The molecule has 5 nitrogen and oxygen atoms in total. The molecule has 0 fully saturated rings. The second kappa shape index (κ2) is 7.88. The van der Waals surface area contributed by atoms with E-state index in [2.05, 4.69) is 19.2 Å². The molecule has 1 amide bonds. The van der Waals surface area contributed by atoms with Gasteiger partial charge in [-0.2, -0.15) is 0 Å². The molecule has 0 saturated heterocycles. The molecule has 5 heteroatoms. The fourth-order valence-electron chi connectivity index (χ4n) is 2.23. The van der Waals surface area contributed by atoms with E-state index in [-0.39, 0.29) is 11.8 Å². The SMILES string of the molecule is COc1cc(C)c(NC(=O)C(CN)CC(C)C)cc1OC. The normalized spacial score (nSPS) is 12.1. The largest absolute Gasteiger partial charge is 0.493 e. The molecule has 21 heavy (non-hydrogen) atoms. The van der Waals surface area contributed by atoms with E-state index in [1.807, 2.05) is 13.0 Å². The lowest BCUT2D eigenvalue weighted by Crippen LogP contribution is -2.30. The van der Waals surface area contributed by atoms with E-state index >= 15 is 0 Å². The smallest absolute Gasteiger partial charge is 0.228 e. The van der Waals surface area contributed by atoms with Crippen LogP contribution in [0.4, 0.5) is 5.69 Å². The van der Waals surface area contributed by atoms with Crippen LogP contribution < -0.4 is 20.5 Å². The van der Waals surface area contributed by atoms with Crippen LogP contribution in [0.15, 0.2) is 12.1 Å². The van der Waals surface area contributed by atoms with Crippen molar-refractivity contribution in [2.75, 3.05) is 26.1 Å². The number of carbonyl (C=O) groups is 1. The van der Waals surface area contributed by atoms with Crippen LogP contribution in [0.25, 0.3) is 0 Å². The molecule has 1 atom stereocenters. The van der Waals surface area contributed by atoms with Crippen molar-refractivity contribution < 1.29 is 14.3 Å². The average molecular weight is 294 g/mol. The van der Waals surface area contributed by atoms with Gasteiger partial charge in [-0.05, 0) is 30.9 Å². The highest BCUT2D eigenvalue weighted by Crippen LogP contribution is 2.33. The number of hydrogen-bond acceptors (Lipinski definition) is 4. The Labute approximate surface area is 126 Å². The second-order valence-electron chi connectivity index (χ2n) is 5.57. The van der Waals surface area contributed by atoms with Crippen LogP contribution in [0.3, 0.4) is 0 Å². The van der Waals surface area contributed by atoms with Crippen molar-refractivity contribution in [1.82, 2.24) is 0 Å². The average Bonchev–Trinajstić information content (AvgIpc) is 2.45. The molecule has 0 aliphatic heterocycles. The van der Waals surface area contributed by atoms with Crippen LogP contribution in [0.5, 0.6) is 11.5 Å². The van der Waals surface area contributed by atoms with Gasteiger partial charge in [-0.15, -0.1) is 0 Å². The molecule has 1 aromatic rings. The molecule has 0 aromatic heterocycles. The summed E-state index contributed by atoms with van der Waals surface area (Å²) in [4.78, 5) is 12.3. The molecule has 1 rings (SSSR count). The van der Waals surface area contributed by atoms with Gasteiger partial charge in [0.1, 0.15) is 0 Å². The lowest BCUT2D eigenvalue weighted by atomic mass is 9.96. The van der Waals surface area contributed by atoms with Crippen LogP contribution >= 0.6 is 0 Å². The zero-order chi connectivity index (χ0) is 16.0. The summed E-state index contributed by atoms with van der Waals surface area (Å²) in [5, 5.41) is 2.94.